The standard InChI is InChI=1S/C14H12N4O5/c1-23-10-3-2-7(4-9(10)18(21)22)8-5-11(19)17-13-12(8)14(20)16-6-15-13/h2-4,6,8H,5H2,1H3,(H2,15,16,17,19,20). The highest BCUT2D eigenvalue weighted by Crippen LogP contribution is 2.37. The van der Waals surface area contributed by atoms with E-state index in [0.717, 1.165) is 0 Å². The third-order valence-corrected chi connectivity index (χ3v) is 3.69. The Balaban J connectivity index is 2.17. The summed E-state index contributed by atoms with van der Waals surface area (Å²) < 4.78 is 4.96. The van der Waals surface area contributed by atoms with Gasteiger partial charge in [-0.2, -0.15) is 0 Å². The number of aromatic nitrogens is 2. The molecular formula is C14H12N4O5. The second-order valence-corrected chi connectivity index (χ2v) is 4.99. The summed E-state index contributed by atoms with van der Waals surface area (Å²) in [5.74, 6) is -0.632. The number of carbonyl (C=O) groups excluding carboxylic acids is 1. The van der Waals surface area contributed by atoms with Crippen LogP contribution in [0.15, 0.2) is 29.3 Å². The number of nitro groups is 1. The molecule has 1 amide bonds. The molecule has 1 aliphatic heterocycles. The first-order valence-electron chi connectivity index (χ1n) is 6.71. The van der Waals surface area contributed by atoms with Crippen molar-refractivity contribution >= 4 is 17.4 Å². The molecule has 0 spiro atoms. The lowest BCUT2D eigenvalue weighted by atomic mass is 9.86. The van der Waals surface area contributed by atoms with Gasteiger partial charge in [-0.05, 0) is 11.6 Å². The highest BCUT2D eigenvalue weighted by atomic mass is 16.6. The molecule has 1 atom stereocenters. The fourth-order valence-electron chi connectivity index (χ4n) is 2.65. The predicted octanol–water partition coefficient (Wildman–Crippen LogP) is 1.16. The molecule has 1 aromatic carbocycles. The van der Waals surface area contributed by atoms with Crippen LogP contribution in [0.3, 0.4) is 0 Å². The molecule has 0 fully saturated rings. The van der Waals surface area contributed by atoms with Crippen molar-refractivity contribution in [2.24, 2.45) is 0 Å². The second kappa shape index (κ2) is 5.52. The Hall–Kier alpha value is -3.23. The summed E-state index contributed by atoms with van der Waals surface area (Å²) in [7, 11) is 1.33. The fraction of sp³-hybridized carbons (Fsp3) is 0.214. The molecule has 2 N–H and O–H groups in total. The number of rotatable bonds is 3. The number of carbonyl (C=O) groups is 1. The van der Waals surface area contributed by atoms with Gasteiger partial charge in [0.15, 0.2) is 5.75 Å². The smallest absolute Gasteiger partial charge is 0.311 e. The van der Waals surface area contributed by atoms with Crippen molar-refractivity contribution in [1.29, 1.82) is 0 Å². The lowest BCUT2D eigenvalue weighted by Crippen LogP contribution is -2.30. The summed E-state index contributed by atoms with van der Waals surface area (Å²) >= 11 is 0. The fourth-order valence-corrected chi connectivity index (χ4v) is 2.65. The van der Waals surface area contributed by atoms with E-state index in [1.54, 1.807) is 6.07 Å². The van der Waals surface area contributed by atoms with Gasteiger partial charge < -0.3 is 15.0 Å². The number of nitrogens with zero attached hydrogens (tertiary/aromatic N) is 2. The molecule has 0 saturated carbocycles. The van der Waals surface area contributed by atoms with Crippen LogP contribution in [-0.2, 0) is 4.79 Å². The molecule has 0 bridgehead atoms. The monoisotopic (exact) mass is 316 g/mol. The van der Waals surface area contributed by atoms with Gasteiger partial charge in [0.05, 0.1) is 23.9 Å². The van der Waals surface area contributed by atoms with Crippen molar-refractivity contribution in [3.05, 3.63) is 56.1 Å². The summed E-state index contributed by atoms with van der Waals surface area (Å²) in [5, 5.41) is 13.7. The Kier molecular flexibility index (Phi) is 3.53. The van der Waals surface area contributed by atoms with Crippen molar-refractivity contribution in [2.45, 2.75) is 12.3 Å². The topological polar surface area (TPSA) is 127 Å². The van der Waals surface area contributed by atoms with Crippen molar-refractivity contribution < 1.29 is 14.5 Å². The Morgan fingerprint density at radius 2 is 2.17 bits per heavy atom. The molecule has 1 aromatic heterocycles. The molecule has 2 heterocycles. The minimum absolute atomic E-state index is 0.00521. The molecule has 23 heavy (non-hydrogen) atoms. The molecule has 1 unspecified atom stereocenters. The zero-order valence-corrected chi connectivity index (χ0v) is 12.0. The Bertz CT molecular complexity index is 860. The van der Waals surface area contributed by atoms with Crippen LogP contribution in [0.4, 0.5) is 11.5 Å². The first-order chi connectivity index (χ1) is 11.0. The van der Waals surface area contributed by atoms with Gasteiger partial charge >= 0.3 is 5.69 Å². The number of anilines is 1. The number of aromatic amines is 1. The average Bonchev–Trinajstić information content (AvgIpc) is 2.53. The number of methoxy groups -OCH3 is 1. The molecule has 118 valence electrons. The molecular weight excluding hydrogens is 304 g/mol. The molecule has 3 rings (SSSR count). The van der Waals surface area contributed by atoms with E-state index >= 15 is 0 Å². The molecule has 0 aliphatic carbocycles. The van der Waals surface area contributed by atoms with Crippen LogP contribution in [-0.4, -0.2) is 27.9 Å². The number of H-pyrrole nitrogens is 1. The lowest BCUT2D eigenvalue weighted by Gasteiger charge is -2.23. The van der Waals surface area contributed by atoms with Crippen molar-refractivity contribution in [1.82, 2.24) is 9.97 Å². The molecule has 1 aliphatic rings. The van der Waals surface area contributed by atoms with Gasteiger partial charge in [0.25, 0.3) is 5.56 Å². The van der Waals surface area contributed by atoms with E-state index < -0.39 is 16.4 Å². The maximum absolute atomic E-state index is 12.1. The van der Waals surface area contributed by atoms with Crippen LogP contribution < -0.4 is 15.6 Å². The number of fused-ring (bicyclic) bond motifs is 1. The van der Waals surface area contributed by atoms with Gasteiger partial charge in [-0.25, -0.2) is 4.98 Å². The normalized spacial score (nSPS) is 16.4. The highest BCUT2D eigenvalue weighted by Gasteiger charge is 2.31. The molecule has 0 saturated heterocycles. The average molecular weight is 316 g/mol. The summed E-state index contributed by atoms with van der Waals surface area (Å²) in [6.07, 6.45) is 1.20. The minimum Gasteiger partial charge on any atom is -0.490 e. The number of nitro benzene ring substituents is 1. The molecule has 2 aromatic rings. The summed E-state index contributed by atoms with van der Waals surface area (Å²) in [6.45, 7) is 0. The summed E-state index contributed by atoms with van der Waals surface area (Å²) in [5.41, 5.74) is 0.148. The first kappa shape index (κ1) is 14.7. The Morgan fingerprint density at radius 3 is 2.87 bits per heavy atom. The van der Waals surface area contributed by atoms with E-state index in [4.69, 9.17) is 4.74 Å². The Morgan fingerprint density at radius 1 is 1.39 bits per heavy atom. The maximum atomic E-state index is 12.1. The predicted molar refractivity (Wildman–Crippen MR) is 79.6 cm³/mol. The van der Waals surface area contributed by atoms with Crippen molar-refractivity contribution in [3.63, 3.8) is 0 Å². The van der Waals surface area contributed by atoms with Gasteiger partial charge in [-0.1, -0.05) is 6.07 Å². The van der Waals surface area contributed by atoms with Gasteiger partial charge in [0.2, 0.25) is 5.91 Å². The van der Waals surface area contributed by atoms with Crippen LogP contribution in [0.25, 0.3) is 0 Å². The molecule has 0 radical (unpaired) electrons. The third-order valence-electron chi connectivity index (χ3n) is 3.69. The van der Waals surface area contributed by atoms with E-state index in [9.17, 15) is 19.7 Å². The van der Waals surface area contributed by atoms with Gasteiger partial charge in [0, 0.05) is 18.4 Å². The van der Waals surface area contributed by atoms with Gasteiger partial charge in [-0.3, -0.25) is 19.7 Å². The summed E-state index contributed by atoms with van der Waals surface area (Å²) in [6, 6.07) is 4.37. The number of benzene rings is 1. The maximum Gasteiger partial charge on any atom is 0.311 e. The van der Waals surface area contributed by atoms with E-state index in [1.807, 2.05) is 0 Å². The van der Waals surface area contributed by atoms with Crippen molar-refractivity contribution in [3.8, 4) is 5.75 Å². The third kappa shape index (κ3) is 2.52. The largest absolute Gasteiger partial charge is 0.490 e. The van der Waals surface area contributed by atoms with Crippen LogP contribution >= 0.6 is 0 Å². The number of hydrogen-bond acceptors (Lipinski definition) is 6. The van der Waals surface area contributed by atoms with E-state index in [1.165, 1.54) is 25.6 Å². The van der Waals surface area contributed by atoms with Crippen LogP contribution in [0, 0.1) is 10.1 Å². The van der Waals surface area contributed by atoms with Gasteiger partial charge in [-0.15, -0.1) is 0 Å². The first-order valence-corrected chi connectivity index (χ1v) is 6.71. The lowest BCUT2D eigenvalue weighted by molar-refractivity contribution is -0.385. The summed E-state index contributed by atoms with van der Waals surface area (Å²) in [4.78, 5) is 40.9. The van der Waals surface area contributed by atoms with Crippen LogP contribution in [0.2, 0.25) is 0 Å². The van der Waals surface area contributed by atoms with Gasteiger partial charge in [0.1, 0.15) is 5.82 Å². The second-order valence-electron chi connectivity index (χ2n) is 4.99. The van der Waals surface area contributed by atoms with E-state index in [2.05, 4.69) is 15.3 Å². The van der Waals surface area contributed by atoms with Crippen molar-refractivity contribution in [2.75, 3.05) is 12.4 Å². The minimum atomic E-state index is -0.610. The zero-order valence-electron chi connectivity index (χ0n) is 12.0. The molecule has 9 nitrogen and oxygen atoms in total. The zero-order chi connectivity index (χ0) is 16.6. The van der Waals surface area contributed by atoms with Crippen LogP contribution in [0.5, 0.6) is 5.75 Å². The molecule has 9 heteroatoms. The highest BCUT2D eigenvalue weighted by molar-refractivity contribution is 5.94. The number of amides is 1. The SMILES string of the molecule is COc1ccc(C2CC(=O)Nc3nc[nH]c(=O)c32)cc1[N+](=O)[O-]. The van der Waals surface area contributed by atoms with E-state index in [-0.39, 0.29) is 35.1 Å². The number of ether oxygens (including phenoxy) is 1. The van der Waals surface area contributed by atoms with E-state index in [0.29, 0.717) is 5.56 Å². The Labute approximate surface area is 129 Å². The number of nitrogens with one attached hydrogen (secondary N) is 2. The quantitative estimate of drug-likeness (QED) is 0.646. The van der Waals surface area contributed by atoms with Crippen LogP contribution in [0.1, 0.15) is 23.5 Å². The number of hydrogen-bond donors (Lipinski definition) is 2.